The van der Waals surface area contributed by atoms with Gasteiger partial charge < -0.3 is 5.11 Å². The molecule has 0 saturated carbocycles. The Bertz CT molecular complexity index is 1210. The van der Waals surface area contributed by atoms with Gasteiger partial charge in [0.2, 0.25) is 0 Å². The maximum Gasteiger partial charge on any atom is 0.251 e. The van der Waals surface area contributed by atoms with E-state index in [1.807, 2.05) is 73.8 Å². The number of imidazole rings is 1. The van der Waals surface area contributed by atoms with Gasteiger partial charge in [0, 0.05) is 21.8 Å². The highest BCUT2D eigenvalue weighted by Crippen LogP contribution is 2.24. The number of rotatable bonds is 5. The van der Waals surface area contributed by atoms with Crippen LogP contribution in [0.1, 0.15) is 18.1 Å². The van der Waals surface area contributed by atoms with Crippen molar-refractivity contribution in [3.63, 3.8) is 0 Å². The predicted molar refractivity (Wildman–Crippen MR) is 125 cm³/mol. The predicted octanol–water partition coefficient (Wildman–Crippen LogP) is 6.04. The molecular weight excluding hydrogens is 440 g/mol. The van der Waals surface area contributed by atoms with Gasteiger partial charge in [-0.15, -0.1) is 0 Å². The summed E-state index contributed by atoms with van der Waals surface area (Å²) in [7, 11) is 0. The summed E-state index contributed by atoms with van der Waals surface area (Å²) in [6, 6.07) is 25.0. The van der Waals surface area contributed by atoms with Crippen LogP contribution in [0.3, 0.4) is 0 Å². The number of benzene rings is 3. The van der Waals surface area contributed by atoms with E-state index in [0.29, 0.717) is 11.5 Å². The topological polar surface area (TPSA) is 62.8 Å². The molecule has 0 bridgehead atoms. The Labute approximate surface area is 183 Å². The summed E-state index contributed by atoms with van der Waals surface area (Å²) < 4.78 is 2.52. The molecule has 0 unspecified atom stereocenters. The van der Waals surface area contributed by atoms with Crippen molar-refractivity contribution in [2.45, 2.75) is 6.92 Å². The van der Waals surface area contributed by atoms with Crippen molar-refractivity contribution in [2.24, 2.45) is 10.1 Å². The Morgan fingerprint density at radius 1 is 1.00 bits per heavy atom. The van der Waals surface area contributed by atoms with E-state index in [0.717, 1.165) is 27.0 Å². The molecule has 4 aromatic rings. The molecule has 1 N–H and O–H groups in total. The molecule has 148 valence electrons. The normalized spacial score (nSPS) is 11.9. The maximum absolute atomic E-state index is 10.1. The fraction of sp³-hybridized carbons (Fsp3) is 0.0417. The average molecular weight is 459 g/mol. The minimum absolute atomic E-state index is 0.146. The van der Waals surface area contributed by atoms with E-state index >= 15 is 0 Å². The first-order chi connectivity index (χ1) is 14.6. The lowest BCUT2D eigenvalue weighted by Gasteiger charge is -2.02. The van der Waals surface area contributed by atoms with Crippen molar-refractivity contribution in [3.05, 3.63) is 101 Å². The summed E-state index contributed by atoms with van der Waals surface area (Å²) >= 11 is 3.41. The summed E-state index contributed by atoms with van der Waals surface area (Å²) in [5, 5.41) is 14.8. The molecule has 30 heavy (non-hydrogen) atoms. The van der Waals surface area contributed by atoms with Crippen LogP contribution in [0.25, 0.3) is 11.3 Å². The molecule has 6 heteroatoms. The monoisotopic (exact) mass is 458 g/mol. The fourth-order valence-electron chi connectivity index (χ4n) is 2.93. The number of nitrogens with zero attached hydrogens (tertiary/aromatic N) is 4. The van der Waals surface area contributed by atoms with Gasteiger partial charge in [0.1, 0.15) is 5.75 Å². The van der Waals surface area contributed by atoms with Crippen molar-refractivity contribution in [1.82, 2.24) is 9.66 Å². The summed E-state index contributed by atoms with van der Waals surface area (Å²) in [6.45, 7) is 1.95. The second kappa shape index (κ2) is 8.88. The van der Waals surface area contributed by atoms with Gasteiger partial charge in [-0.1, -0.05) is 76.6 Å². The number of phenols is 1. The third-order valence-electron chi connectivity index (χ3n) is 4.50. The van der Waals surface area contributed by atoms with Crippen LogP contribution in [0.2, 0.25) is 0 Å². The van der Waals surface area contributed by atoms with Crippen molar-refractivity contribution >= 4 is 33.8 Å². The molecule has 1 aromatic heterocycles. The minimum atomic E-state index is 0.146. The summed E-state index contributed by atoms with van der Waals surface area (Å²) in [5.74, 6) is 0.566. The van der Waals surface area contributed by atoms with E-state index in [9.17, 15) is 5.11 Å². The number of hydrogen-bond acceptors (Lipinski definition) is 4. The molecule has 0 spiro atoms. The van der Waals surface area contributed by atoms with Crippen molar-refractivity contribution < 1.29 is 5.11 Å². The highest BCUT2D eigenvalue weighted by atomic mass is 79.9. The molecule has 0 radical (unpaired) electrons. The third-order valence-corrected chi connectivity index (χ3v) is 4.99. The summed E-state index contributed by atoms with van der Waals surface area (Å²) in [5.41, 5.74) is 4.20. The molecule has 0 aliphatic carbocycles. The quantitative estimate of drug-likeness (QED) is 0.370. The second-order valence-corrected chi connectivity index (χ2v) is 7.57. The average Bonchev–Trinajstić information content (AvgIpc) is 3.18. The SMILES string of the molecule is C/C(=N\n1cc(-c2ccccc2)nc1N=Cc1cc(Br)ccc1O)c1ccccc1. The largest absolute Gasteiger partial charge is 0.507 e. The number of phenolic OH excluding ortho intramolecular Hbond substituents is 1. The fourth-order valence-corrected chi connectivity index (χ4v) is 3.30. The van der Waals surface area contributed by atoms with E-state index in [4.69, 9.17) is 5.10 Å². The lowest BCUT2D eigenvalue weighted by molar-refractivity contribution is 0.474. The van der Waals surface area contributed by atoms with Crippen LogP contribution < -0.4 is 0 Å². The summed E-state index contributed by atoms with van der Waals surface area (Å²) in [4.78, 5) is 9.17. The molecule has 4 rings (SSSR count). The van der Waals surface area contributed by atoms with Crippen molar-refractivity contribution in [3.8, 4) is 17.0 Å². The van der Waals surface area contributed by atoms with E-state index < -0.39 is 0 Å². The first-order valence-corrected chi connectivity index (χ1v) is 10.2. The van der Waals surface area contributed by atoms with Crippen molar-refractivity contribution in [2.75, 3.05) is 0 Å². The minimum Gasteiger partial charge on any atom is -0.507 e. The number of aliphatic imine (C=N–C) groups is 1. The zero-order valence-corrected chi connectivity index (χ0v) is 17.9. The molecule has 0 fully saturated rings. The maximum atomic E-state index is 10.1. The Morgan fingerprint density at radius 3 is 2.43 bits per heavy atom. The van der Waals surface area contributed by atoms with E-state index in [1.165, 1.54) is 0 Å². The molecule has 0 aliphatic heterocycles. The Balaban J connectivity index is 1.77. The Morgan fingerprint density at radius 2 is 1.70 bits per heavy atom. The molecule has 0 saturated heterocycles. The number of halogens is 1. The summed E-state index contributed by atoms with van der Waals surface area (Å²) in [6.07, 6.45) is 3.44. The van der Waals surface area contributed by atoms with Gasteiger partial charge in [-0.05, 0) is 30.7 Å². The van der Waals surface area contributed by atoms with Crippen LogP contribution in [0.5, 0.6) is 5.75 Å². The third kappa shape index (κ3) is 4.55. The van der Waals surface area contributed by atoms with Crippen LogP contribution >= 0.6 is 15.9 Å². The van der Waals surface area contributed by atoms with Crippen LogP contribution in [0, 0.1) is 0 Å². The number of aromatic hydroxyl groups is 1. The smallest absolute Gasteiger partial charge is 0.251 e. The number of aromatic nitrogens is 2. The van der Waals surface area contributed by atoms with Gasteiger partial charge in [-0.3, -0.25) is 0 Å². The molecule has 1 heterocycles. The Kier molecular flexibility index (Phi) is 5.86. The zero-order valence-electron chi connectivity index (χ0n) is 16.3. The highest BCUT2D eigenvalue weighted by molar-refractivity contribution is 9.10. The van der Waals surface area contributed by atoms with Gasteiger partial charge in [-0.2, -0.15) is 5.10 Å². The first kappa shape index (κ1) is 19.8. The number of hydrogen-bond donors (Lipinski definition) is 1. The van der Waals surface area contributed by atoms with E-state index in [-0.39, 0.29) is 5.75 Å². The Hall–Kier alpha value is -3.51. The van der Waals surface area contributed by atoms with E-state index in [1.54, 1.807) is 29.1 Å². The van der Waals surface area contributed by atoms with E-state index in [2.05, 4.69) is 25.9 Å². The van der Waals surface area contributed by atoms with Gasteiger partial charge in [0.25, 0.3) is 5.95 Å². The lowest BCUT2D eigenvalue weighted by Crippen LogP contribution is -1.98. The van der Waals surface area contributed by atoms with Crippen LogP contribution in [-0.2, 0) is 0 Å². The lowest BCUT2D eigenvalue weighted by atomic mass is 10.1. The van der Waals surface area contributed by atoms with Crippen molar-refractivity contribution in [1.29, 1.82) is 0 Å². The zero-order chi connectivity index (χ0) is 20.9. The van der Waals surface area contributed by atoms with Gasteiger partial charge in [-0.25, -0.2) is 14.7 Å². The van der Waals surface area contributed by atoms with Crippen LogP contribution in [0.15, 0.2) is 99.6 Å². The molecule has 3 aromatic carbocycles. The second-order valence-electron chi connectivity index (χ2n) is 6.65. The molecular formula is C24H19BrN4O. The highest BCUT2D eigenvalue weighted by Gasteiger charge is 2.10. The van der Waals surface area contributed by atoms with Crippen LogP contribution in [0.4, 0.5) is 5.95 Å². The molecule has 0 atom stereocenters. The molecule has 0 aliphatic rings. The molecule has 5 nitrogen and oxygen atoms in total. The molecule has 0 amide bonds. The standard InChI is InChI=1S/C24H19BrN4O/c1-17(18-8-4-2-5-9-18)28-29-16-22(19-10-6-3-7-11-19)27-24(29)26-15-20-14-21(25)12-13-23(20)30/h2-16,30H,1H3/b26-15?,28-17+. The van der Waals surface area contributed by atoms with Gasteiger partial charge in [0.05, 0.1) is 17.6 Å². The van der Waals surface area contributed by atoms with Gasteiger partial charge in [0.15, 0.2) is 0 Å². The van der Waals surface area contributed by atoms with Crippen LogP contribution in [-0.4, -0.2) is 26.7 Å². The van der Waals surface area contributed by atoms with Gasteiger partial charge >= 0.3 is 0 Å². The first-order valence-electron chi connectivity index (χ1n) is 9.38.